The van der Waals surface area contributed by atoms with Crippen molar-refractivity contribution in [2.45, 2.75) is 18.9 Å². The van der Waals surface area contributed by atoms with E-state index in [1.54, 1.807) is 24.4 Å². The zero-order chi connectivity index (χ0) is 23.1. The average molecular weight is 462 g/mol. The second-order valence-corrected chi connectivity index (χ2v) is 8.63. The first kappa shape index (κ1) is 21.2. The Balaban J connectivity index is 1.77. The van der Waals surface area contributed by atoms with Crippen molar-refractivity contribution >= 4 is 34.1 Å². The summed E-state index contributed by atoms with van der Waals surface area (Å²) in [6, 6.07) is 11.8. The topological polar surface area (TPSA) is 121 Å². The van der Waals surface area contributed by atoms with Gasteiger partial charge in [0, 0.05) is 35.9 Å². The number of piperidine rings is 1. The minimum atomic E-state index is -0.493. The number of rotatable bonds is 3. The molecule has 4 aromatic rings. The van der Waals surface area contributed by atoms with Crippen molar-refractivity contribution in [3.63, 3.8) is 0 Å². The zero-order valence-corrected chi connectivity index (χ0v) is 18.4. The lowest BCUT2D eigenvalue weighted by molar-refractivity contribution is 0.501. The summed E-state index contributed by atoms with van der Waals surface area (Å²) in [5.41, 5.74) is 16.9. The fourth-order valence-electron chi connectivity index (χ4n) is 4.32. The maximum absolute atomic E-state index is 14.3. The van der Waals surface area contributed by atoms with Crippen LogP contribution >= 0.6 is 11.6 Å². The highest BCUT2D eigenvalue weighted by molar-refractivity contribution is 6.31. The number of nitrogens with one attached hydrogen (secondary N) is 1. The summed E-state index contributed by atoms with van der Waals surface area (Å²) in [5.74, 6) is 0.346. The smallest absolute Gasteiger partial charge is 0.144 e. The van der Waals surface area contributed by atoms with E-state index in [2.05, 4.69) is 14.9 Å². The Hall–Kier alpha value is -3.67. The molecular formula is C24H21ClFN7. The highest BCUT2D eigenvalue weighted by Gasteiger charge is 2.26. The third kappa shape index (κ3) is 3.97. The summed E-state index contributed by atoms with van der Waals surface area (Å²) >= 11 is 6.15. The van der Waals surface area contributed by atoms with Crippen LogP contribution in [0.15, 0.2) is 42.6 Å². The maximum atomic E-state index is 14.3. The molecule has 2 aromatic heterocycles. The van der Waals surface area contributed by atoms with Gasteiger partial charge in [-0.05, 0) is 54.8 Å². The summed E-state index contributed by atoms with van der Waals surface area (Å²) < 4.78 is 14.3. The van der Waals surface area contributed by atoms with Gasteiger partial charge in [-0.3, -0.25) is 0 Å². The predicted octanol–water partition coefficient (Wildman–Crippen LogP) is 4.47. The van der Waals surface area contributed by atoms with Crippen molar-refractivity contribution < 1.29 is 4.39 Å². The molecule has 1 aliphatic heterocycles. The Labute approximate surface area is 194 Å². The quantitative estimate of drug-likeness (QED) is 0.414. The lowest BCUT2D eigenvalue weighted by Gasteiger charge is -2.34. The van der Waals surface area contributed by atoms with Crippen LogP contribution in [0.4, 0.5) is 15.9 Å². The SMILES string of the molecule is N#Cc1cc(F)cc(-c2cnc(N)c(-c3nc4ccc(Cl)cc4[nH]3)c2N2CCC(N)CC2)c1. The van der Waals surface area contributed by atoms with E-state index in [0.29, 0.717) is 46.4 Å². The molecule has 7 nitrogen and oxygen atoms in total. The number of nitriles is 1. The van der Waals surface area contributed by atoms with Gasteiger partial charge in [-0.25, -0.2) is 14.4 Å². The summed E-state index contributed by atoms with van der Waals surface area (Å²) in [6.45, 7) is 1.41. The van der Waals surface area contributed by atoms with Crippen molar-refractivity contribution in [3.05, 3.63) is 59.0 Å². The second-order valence-electron chi connectivity index (χ2n) is 8.19. The maximum Gasteiger partial charge on any atom is 0.144 e. The highest BCUT2D eigenvalue weighted by Crippen LogP contribution is 2.43. The van der Waals surface area contributed by atoms with Crippen LogP contribution in [0.5, 0.6) is 0 Å². The standard InChI is InChI=1S/C24H21ClFN7/c25-15-1-2-19-20(10-15)32-24(31-19)21-22(33-5-3-17(28)4-6-33)18(12-30-23(21)29)14-7-13(11-27)8-16(26)9-14/h1-2,7-10,12,17H,3-6,28H2,(H2,29,30)(H,31,32). The van der Waals surface area contributed by atoms with E-state index in [0.717, 1.165) is 29.6 Å². The molecule has 0 unspecified atom stereocenters. The summed E-state index contributed by atoms with van der Waals surface area (Å²) in [6.07, 6.45) is 3.24. The number of nitrogens with two attached hydrogens (primary N) is 2. The number of pyridine rings is 1. The number of benzene rings is 2. The number of anilines is 2. The van der Waals surface area contributed by atoms with E-state index in [1.165, 1.54) is 12.1 Å². The molecule has 1 aliphatic rings. The molecule has 166 valence electrons. The molecule has 5 rings (SSSR count). The molecule has 2 aromatic carbocycles. The number of H-pyrrole nitrogens is 1. The van der Waals surface area contributed by atoms with Gasteiger partial charge in [-0.1, -0.05) is 11.6 Å². The Morgan fingerprint density at radius 3 is 2.73 bits per heavy atom. The van der Waals surface area contributed by atoms with Crippen LogP contribution in [0.25, 0.3) is 33.5 Å². The molecule has 3 heterocycles. The first-order valence-electron chi connectivity index (χ1n) is 10.6. The number of aromatic nitrogens is 3. The number of aromatic amines is 1. The minimum absolute atomic E-state index is 0.125. The number of fused-ring (bicyclic) bond motifs is 1. The first-order valence-corrected chi connectivity index (χ1v) is 11.0. The third-order valence-electron chi connectivity index (χ3n) is 5.96. The van der Waals surface area contributed by atoms with Crippen LogP contribution < -0.4 is 16.4 Å². The Morgan fingerprint density at radius 2 is 1.97 bits per heavy atom. The molecule has 0 radical (unpaired) electrons. The van der Waals surface area contributed by atoms with E-state index >= 15 is 0 Å². The Bertz CT molecular complexity index is 1400. The summed E-state index contributed by atoms with van der Waals surface area (Å²) in [7, 11) is 0. The molecule has 0 aliphatic carbocycles. The molecule has 0 bridgehead atoms. The third-order valence-corrected chi connectivity index (χ3v) is 6.19. The van der Waals surface area contributed by atoms with Gasteiger partial charge in [0.2, 0.25) is 0 Å². The lowest BCUT2D eigenvalue weighted by atomic mass is 9.97. The molecule has 0 spiro atoms. The van der Waals surface area contributed by atoms with E-state index in [1.807, 2.05) is 12.1 Å². The Morgan fingerprint density at radius 1 is 1.18 bits per heavy atom. The van der Waals surface area contributed by atoms with Gasteiger partial charge in [0.05, 0.1) is 33.9 Å². The van der Waals surface area contributed by atoms with E-state index in [9.17, 15) is 9.65 Å². The minimum Gasteiger partial charge on any atom is -0.383 e. The molecule has 9 heteroatoms. The van der Waals surface area contributed by atoms with Crippen molar-refractivity contribution in [2.24, 2.45) is 5.73 Å². The fraction of sp³-hybridized carbons (Fsp3) is 0.208. The fourth-order valence-corrected chi connectivity index (χ4v) is 4.49. The van der Waals surface area contributed by atoms with Crippen molar-refractivity contribution in [1.29, 1.82) is 5.26 Å². The van der Waals surface area contributed by atoms with Crippen molar-refractivity contribution in [1.82, 2.24) is 15.0 Å². The molecule has 5 N–H and O–H groups in total. The first-order chi connectivity index (χ1) is 15.9. The van der Waals surface area contributed by atoms with Crippen molar-refractivity contribution in [2.75, 3.05) is 23.7 Å². The van der Waals surface area contributed by atoms with Gasteiger partial charge >= 0.3 is 0 Å². The molecule has 1 saturated heterocycles. The van der Waals surface area contributed by atoms with Gasteiger partial charge in [0.25, 0.3) is 0 Å². The van der Waals surface area contributed by atoms with Gasteiger partial charge in [-0.2, -0.15) is 5.26 Å². The molecule has 0 saturated carbocycles. The van der Waals surface area contributed by atoms with Crippen LogP contribution in [-0.4, -0.2) is 34.1 Å². The molecule has 33 heavy (non-hydrogen) atoms. The molecular weight excluding hydrogens is 441 g/mol. The van der Waals surface area contributed by atoms with Crippen LogP contribution in [0.1, 0.15) is 18.4 Å². The van der Waals surface area contributed by atoms with E-state index in [-0.39, 0.29) is 11.6 Å². The van der Waals surface area contributed by atoms with E-state index in [4.69, 9.17) is 28.1 Å². The number of hydrogen-bond acceptors (Lipinski definition) is 6. The summed E-state index contributed by atoms with van der Waals surface area (Å²) in [4.78, 5) is 14.6. The number of nitrogens with zero attached hydrogens (tertiary/aromatic N) is 4. The normalized spacial score (nSPS) is 14.5. The Kier molecular flexibility index (Phi) is 5.36. The highest BCUT2D eigenvalue weighted by atomic mass is 35.5. The molecule has 0 atom stereocenters. The zero-order valence-electron chi connectivity index (χ0n) is 17.6. The van der Waals surface area contributed by atoms with Crippen LogP contribution in [0.2, 0.25) is 5.02 Å². The van der Waals surface area contributed by atoms with Crippen molar-refractivity contribution in [3.8, 4) is 28.6 Å². The van der Waals surface area contributed by atoms with Gasteiger partial charge in [0.15, 0.2) is 0 Å². The monoisotopic (exact) mass is 461 g/mol. The number of hydrogen-bond donors (Lipinski definition) is 3. The summed E-state index contributed by atoms with van der Waals surface area (Å²) in [5, 5.41) is 9.95. The van der Waals surface area contributed by atoms with Crippen LogP contribution in [0, 0.1) is 17.1 Å². The molecule has 0 amide bonds. The van der Waals surface area contributed by atoms with Gasteiger partial charge < -0.3 is 21.4 Å². The van der Waals surface area contributed by atoms with Crippen LogP contribution in [-0.2, 0) is 0 Å². The molecule has 1 fully saturated rings. The number of halogens is 2. The number of imidazole rings is 1. The number of nitrogen functional groups attached to an aromatic ring is 1. The largest absolute Gasteiger partial charge is 0.383 e. The average Bonchev–Trinajstić information content (AvgIpc) is 3.21. The van der Waals surface area contributed by atoms with Gasteiger partial charge in [0.1, 0.15) is 17.5 Å². The van der Waals surface area contributed by atoms with Gasteiger partial charge in [-0.15, -0.1) is 0 Å². The predicted molar refractivity (Wildman–Crippen MR) is 128 cm³/mol. The van der Waals surface area contributed by atoms with E-state index < -0.39 is 5.82 Å². The lowest BCUT2D eigenvalue weighted by Crippen LogP contribution is -2.40. The van der Waals surface area contributed by atoms with Crippen LogP contribution in [0.3, 0.4) is 0 Å². The second kappa shape index (κ2) is 8.35.